The van der Waals surface area contributed by atoms with Crippen LogP contribution in [0, 0.1) is 42.2 Å². The lowest BCUT2D eigenvalue weighted by Gasteiger charge is -2.38. The van der Waals surface area contributed by atoms with Crippen molar-refractivity contribution in [2.75, 3.05) is 20.7 Å². The van der Waals surface area contributed by atoms with Gasteiger partial charge in [-0.3, -0.25) is 9.59 Å². The van der Waals surface area contributed by atoms with Gasteiger partial charge in [0.25, 0.3) is 0 Å². The lowest BCUT2D eigenvalue weighted by Crippen LogP contribution is -2.45. The highest BCUT2D eigenvalue weighted by molar-refractivity contribution is 5.94. The van der Waals surface area contributed by atoms with E-state index >= 15 is 0 Å². The Balaban J connectivity index is 0.000000233. The number of hydrogen-bond acceptors (Lipinski definition) is 9. The summed E-state index contributed by atoms with van der Waals surface area (Å²) in [6.45, 7) is 12.9. The van der Waals surface area contributed by atoms with Gasteiger partial charge in [0.15, 0.2) is 36.7 Å². The number of phenols is 2. The molecule has 2 aliphatic heterocycles. The number of aryl methyl sites for hydroxylation is 1. The van der Waals surface area contributed by atoms with E-state index in [1.165, 1.54) is 37.5 Å². The first kappa shape index (κ1) is 38.7. The Kier molecular flexibility index (Phi) is 12.3. The minimum absolute atomic E-state index is 0. The summed E-state index contributed by atoms with van der Waals surface area (Å²) in [6, 6.07) is 5.26. The van der Waals surface area contributed by atoms with Crippen LogP contribution in [0.4, 0.5) is 8.78 Å². The number of hydrogen-bond donors (Lipinski definition) is 2. The molecule has 0 spiro atoms. The van der Waals surface area contributed by atoms with E-state index in [4.69, 9.17) is 25.1 Å². The third-order valence-electron chi connectivity index (χ3n) is 10.4. The molecule has 11 heteroatoms. The van der Waals surface area contributed by atoms with Gasteiger partial charge < -0.3 is 33.9 Å². The molecule has 0 amide bonds. The van der Waals surface area contributed by atoms with E-state index in [2.05, 4.69) is 13.2 Å². The summed E-state index contributed by atoms with van der Waals surface area (Å²) >= 11 is 0. The number of ether oxygens (including phenoxy) is 5. The fraction of sp³-hybridized carbons (Fsp3) is 0.463. The molecule has 6 atom stereocenters. The second-order valence-corrected chi connectivity index (χ2v) is 13.6. The molecular formula is C41H50F2O9. The van der Waals surface area contributed by atoms with Crippen LogP contribution in [-0.4, -0.2) is 53.7 Å². The largest absolute Gasteiger partial charge is 0.508 e. The van der Waals surface area contributed by atoms with E-state index in [0.29, 0.717) is 47.5 Å². The Bertz CT molecular complexity index is 1810. The Morgan fingerprint density at radius 1 is 0.885 bits per heavy atom. The molecule has 2 aromatic rings. The highest BCUT2D eigenvalue weighted by Crippen LogP contribution is 2.48. The normalized spacial score (nSPS) is 27.4. The molecule has 0 radical (unpaired) electrons. The highest BCUT2D eigenvalue weighted by atomic mass is 19.1. The predicted octanol–water partition coefficient (Wildman–Crippen LogP) is 7.96. The molecule has 52 heavy (non-hydrogen) atoms. The Hall–Kier alpha value is -4.48. The van der Waals surface area contributed by atoms with E-state index in [9.17, 15) is 28.6 Å². The summed E-state index contributed by atoms with van der Waals surface area (Å²) in [5.41, 5.74) is -0.518. The number of benzene rings is 2. The van der Waals surface area contributed by atoms with Gasteiger partial charge in [-0.1, -0.05) is 33.4 Å². The van der Waals surface area contributed by atoms with Gasteiger partial charge in [0.1, 0.15) is 40.1 Å². The molecule has 4 aliphatic rings. The van der Waals surface area contributed by atoms with E-state index in [1.54, 1.807) is 19.1 Å². The minimum Gasteiger partial charge on any atom is -0.508 e. The summed E-state index contributed by atoms with van der Waals surface area (Å²) in [5, 5.41) is 19.9. The maximum Gasteiger partial charge on any atom is 0.189 e. The van der Waals surface area contributed by atoms with Gasteiger partial charge in [0.05, 0.1) is 7.11 Å². The van der Waals surface area contributed by atoms with Crippen LogP contribution in [0.1, 0.15) is 65.0 Å². The molecular weight excluding hydrogens is 674 g/mol. The van der Waals surface area contributed by atoms with Gasteiger partial charge in [-0.05, 0) is 92.2 Å². The maximum absolute atomic E-state index is 14.4. The number of ketones is 2. The molecule has 282 valence electrons. The smallest absolute Gasteiger partial charge is 0.189 e. The summed E-state index contributed by atoms with van der Waals surface area (Å²) in [4.78, 5) is 24.6. The molecule has 2 fully saturated rings. The molecule has 2 aliphatic carbocycles. The summed E-state index contributed by atoms with van der Waals surface area (Å²) < 4.78 is 65.1. The van der Waals surface area contributed by atoms with E-state index in [0.717, 1.165) is 6.07 Å². The van der Waals surface area contributed by atoms with Crippen molar-refractivity contribution < 1.29 is 53.6 Å². The molecule has 2 saturated heterocycles. The van der Waals surface area contributed by atoms with Gasteiger partial charge in [0, 0.05) is 31.4 Å². The van der Waals surface area contributed by atoms with Gasteiger partial charge in [-0.2, -0.15) is 0 Å². The van der Waals surface area contributed by atoms with Crippen molar-refractivity contribution in [2.24, 2.45) is 23.6 Å². The lowest BCUT2D eigenvalue weighted by atomic mass is 9.71. The summed E-state index contributed by atoms with van der Waals surface area (Å²) in [5.74, 6) is -2.34. The van der Waals surface area contributed by atoms with E-state index in [-0.39, 0.29) is 92.7 Å². The monoisotopic (exact) mass is 725 g/mol. The van der Waals surface area contributed by atoms with Crippen molar-refractivity contribution in [3.8, 4) is 17.2 Å². The van der Waals surface area contributed by atoms with Crippen molar-refractivity contribution in [2.45, 2.75) is 77.9 Å². The molecule has 2 aromatic carbocycles. The van der Waals surface area contributed by atoms with Gasteiger partial charge in [-0.15, -0.1) is 13.2 Å². The van der Waals surface area contributed by atoms with Crippen LogP contribution in [0.15, 0.2) is 73.2 Å². The molecule has 2 unspecified atom stereocenters. The molecule has 9 nitrogen and oxygen atoms in total. The van der Waals surface area contributed by atoms with E-state index in [1.807, 2.05) is 13.8 Å². The third-order valence-corrected chi connectivity index (χ3v) is 10.4. The average molecular weight is 726 g/mol. The quantitative estimate of drug-likeness (QED) is 0.222. The first-order valence-corrected chi connectivity index (χ1v) is 16.9. The fourth-order valence-electron chi connectivity index (χ4n) is 7.40. The second kappa shape index (κ2) is 16.5. The first-order valence-electron chi connectivity index (χ1n) is 17.4. The predicted molar refractivity (Wildman–Crippen MR) is 191 cm³/mol. The standard InChI is InChI=1S/C20H23FO5.C20H23FO4.CH4/c1-4-5-13-10-20(19(9-16(13)22)25-11-26-20)12(2)6-14-7-17(23)18(24-3)8-15(14)21;1-4-5-14-10-20(19(9-18(14)23)24-11-25-20)13(3)7-15-8-17(22)12(2)6-16(15)21;/h4,7-9,12-13,23H,1,5-6,10-11H2,2-3H3;4,6,8-9,13-14,22H,1,5,7,10-11H2,2-3H3;1H4/t12?,13-,20+;13?,14-,20+;/m00./s1/i13D;;. The molecule has 6 rings (SSSR count). The molecule has 0 aromatic heterocycles. The van der Waals surface area contributed by atoms with Crippen LogP contribution in [0.5, 0.6) is 17.2 Å². The van der Waals surface area contributed by atoms with Gasteiger partial charge >= 0.3 is 0 Å². The van der Waals surface area contributed by atoms with Crippen LogP contribution in [0.2, 0.25) is 0 Å². The Morgan fingerprint density at radius 2 is 1.40 bits per heavy atom. The van der Waals surface area contributed by atoms with E-state index < -0.39 is 22.9 Å². The van der Waals surface area contributed by atoms with Crippen molar-refractivity contribution in [1.82, 2.24) is 0 Å². The SMILES string of the molecule is C.C=CC[C@H]1C[C@]2(C(C)Cc3cc(O)c(C)cc3F)OCOC2=CC1=O.[2H][C@]1(CC=C)C[C@]2(C(C)Cc3cc(O)c(OC)cc3F)OCOC2=CC1=O. The van der Waals surface area contributed by atoms with Crippen molar-refractivity contribution >= 4 is 11.6 Å². The number of carbonyl (C=O) groups is 2. The minimum atomic E-state index is -1.40. The summed E-state index contributed by atoms with van der Waals surface area (Å²) in [6.07, 6.45) is 8.05. The highest BCUT2D eigenvalue weighted by Gasteiger charge is 2.53. The van der Waals surface area contributed by atoms with Crippen LogP contribution < -0.4 is 4.74 Å². The zero-order valence-electron chi connectivity index (χ0n) is 30.4. The van der Waals surface area contributed by atoms with Crippen LogP contribution >= 0.6 is 0 Å². The number of aromatic hydroxyl groups is 2. The van der Waals surface area contributed by atoms with Crippen molar-refractivity contribution in [1.29, 1.82) is 0 Å². The van der Waals surface area contributed by atoms with Crippen molar-refractivity contribution in [3.63, 3.8) is 0 Å². The third kappa shape index (κ3) is 7.80. The zero-order chi connectivity index (χ0) is 38.0. The zero-order valence-corrected chi connectivity index (χ0v) is 29.4. The number of allylic oxidation sites excluding steroid dienone is 4. The lowest BCUT2D eigenvalue weighted by molar-refractivity contribution is -0.123. The Labute approximate surface area is 306 Å². The van der Waals surface area contributed by atoms with Crippen LogP contribution in [-0.2, 0) is 41.4 Å². The number of halogens is 2. The maximum atomic E-state index is 14.4. The average Bonchev–Trinajstić information content (AvgIpc) is 3.70. The topological polar surface area (TPSA) is 121 Å². The van der Waals surface area contributed by atoms with Crippen molar-refractivity contribution in [3.05, 3.63) is 102 Å². The second-order valence-electron chi connectivity index (χ2n) is 13.6. The van der Waals surface area contributed by atoms with Gasteiger partial charge in [0.2, 0.25) is 0 Å². The first-order chi connectivity index (χ1) is 24.6. The number of rotatable bonds is 11. The number of carbonyl (C=O) groups excluding carboxylic acids is 2. The fourth-order valence-corrected chi connectivity index (χ4v) is 7.40. The number of phenolic OH excluding ortho intramolecular Hbond substituents is 2. The summed E-state index contributed by atoms with van der Waals surface area (Å²) in [7, 11) is 1.35. The van der Waals surface area contributed by atoms with Crippen LogP contribution in [0.3, 0.4) is 0 Å². The molecule has 2 N–H and O–H groups in total. The molecule has 2 heterocycles. The van der Waals surface area contributed by atoms with Crippen LogP contribution in [0.25, 0.3) is 0 Å². The Morgan fingerprint density at radius 3 is 1.96 bits per heavy atom. The molecule has 0 saturated carbocycles. The van der Waals surface area contributed by atoms with Gasteiger partial charge in [-0.25, -0.2) is 8.78 Å². The molecule has 0 bridgehead atoms. The number of methoxy groups -OCH3 is 1. The number of fused-ring (bicyclic) bond motifs is 2.